The molecule has 1 aromatic carbocycles. The minimum atomic E-state index is -0.393. The first-order chi connectivity index (χ1) is 10.3. The van der Waals surface area contributed by atoms with Gasteiger partial charge in [-0.1, -0.05) is 12.1 Å². The van der Waals surface area contributed by atoms with Crippen LogP contribution < -0.4 is 4.78 Å². The number of hydrogen-bond donors (Lipinski definition) is 0. The summed E-state index contributed by atoms with van der Waals surface area (Å²) in [6.07, 6.45) is 1.79. The summed E-state index contributed by atoms with van der Waals surface area (Å²) >= 11 is 1.53. The van der Waals surface area contributed by atoms with Crippen molar-refractivity contribution in [3.05, 3.63) is 36.0 Å². The number of nitrogens with zero attached hydrogens (tertiary/aromatic N) is 2. The lowest BCUT2D eigenvalue weighted by molar-refractivity contribution is 0.00578. The van der Waals surface area contributed by atoms with Crippen LogP contribution in [0.3, 0.4) is 0 Å². The molecule has 0 amide bonds. The molecule has 0 unspecified atom stereocenters. The van der Waals surface area contributed by atoms with Crippen LogP contribution in [-0.2, 0) is 9.31 Å². The van der Waals surface area contributed by atoms with Gasteiger partial charge in [-0.25, -0.2) is 4.98 Å². The van der Waals surface area contributed by atoms with Gasteiger partial charge in [-0.15, -0.1) is 11.3 Å². The van der Waals surface area contributed by atoms with Gasteiger partial charge in [0.05, 0.1) is 27.6 Å². The third-order valence-corrected chi connectivity index (χ3v) is 5.32. The lowest BCUT2D eigenvalue weighted by atomic mass is 9.89. The molecule has 0 saturated carbocycles. The Labute approximate surface area is 134 Å². The fraction of sp³-hybridized carbons (Fsp3) is 0.375. The Balaban J connectivity index is 1.88. The van der Waals surface area contributed by atoms with E-state index in [1.165, 1.54) is 11.3 Å². The van der Waals surface area contributed by atoms with Crippen molar-refractivity contribution >= 4 is 23.2 Å². The molecule has 0 aliphatic carbocycles. The van der Waals surface area contributed by atoms with E-state index in [1.807, 2.05) is 45.9 Å². The zero-order valence-corrected chi connectivity index (χ0v) is 13.9. The van der Waals surface area contributed by atoms with Gasteiger partial charge in [0.2, 0.25) is 0 Å². The molecule has 22 heavy (non-hydrogen) atoms. The molecule has 0 atom stereocenters. The summed E-state index contributed by atoms with van der Waals surface area (Å²) in [7, 11) is -0.393. The number of rotatable bonds is 2. The summed E-state index contributed by atoms with van der Waals surface area (Å²) in [5.74, 6) is 0. The smallest absolute Gasteiger partial charge is 0.399 e. The van der Waals surface area contributed by atoms with E-state index in [9.17, 15) is 0 Å². The van der Waals surface area contributed by atoms with Crippen LogP contribution in [0.2, 0.25) is 0 Å². The molecule has 1 aromatic heterocycles. The maximum Gasteiger partial charge on any atom is 0.507 e. The number of thiazole rings is 1. The zero-order chi connectivity index (χ0) is 16.0. The molecule has 1 aliphatic heterocycles. The van der Waals surface area contributed by atoms with Crippen molar-refractivity contribution in [3.63, 3.8) is 0 Å². The molecule has 4 nitrogen and oxygen atoms in total. The highest BCUT2D eigenvalue weighted by Gasteiger charge is 2.52. The molecule has 0 bridgehead atoms. The molecule has 112 valence electrons. The Morgan fingerprint density at radius 2 is 1.86 bits per heavy atom. The van der Waals surface area contributed by atoms with Crippen LogP contribution in [0.15, 0.2) is 30.5 Å². The second-order valence-electron chi connectivity index (χ2n) is 6.35. The van der Waals surface area contributed by atoms with Gasteiger partial charge in [0.15, 0.2) is 0 Å². The van der Waals surface area contributed by atoms with Crippen LogP contribution in [0.25, 0.3) is 10.6 Å². The van der Waals surface area contributed by atoms with Gasteiger partial charge in [0.25, 0.3) is 0 Å². The fourth-order valence-corrected chi connectivity index (χ4v) is 3.08. The molecular formula is C16H17BN2O2S. The van der Waals surface area contributed by atoms with Crippen LogP contribution in [0.5, 0.6) is 0 Å². The predicted molar refractivity (Wildman–Crippen MR) is 88.0 cm³/mol. The van der Waals surface area contributed by atoms with Crippen molar-refractivity contribution in [1.82, 2.24) is 4.98 Å². The first-order valence-corrected chi connectivity index (χ1v) is 7.96. The van der Waals surface area contributed by atoms with Gasteiger partial charge in [-0.2, -0.15) is 5.26 Å². The van der Waals surface area contributed by atoms with E-state index in [4.69, 9.17) is 14.6 Å². The van der Waals surface area contributed by atoms with Gasteiger partial charge >= 0.3 is 7.12 Å². The van der Waals surface area contributed by atoms with E-state index in [0.717, 1.165) is 15.3 Å². The maximum absolute atomic E-state index is 8.99. The molecule has 3 rings (SSSR count). The summed E-state index contributed by atoms with van der Waals surface area (Å²) in [5, 5.41) is 9.86. The van der Waals surface area contributed by atoms with E-state index in [-0.39, 0.29) is 11.2 Å². The van der Waals surface area contributed by atoms with E-state index in [1.54, 1.807) is 12.3 Å². The van der Waals surface area contributed by atoms with Crippen molar-refractivity contribution in [1.29, 1.82) is 5.26 Å². The molecule has 1 saturated heterocycles. The minimum absolute atomic E-state index is 0.359. The number of hydrogen-bond acceptors (Lipinski definition) is 5. The molecule has 0 spiro atoms. The highest BCUT2D eigenvalue weighted by molar-refractivity contribution is 7.24. The van der Waals surface area contributed by atoms with Crippen LogP contribution in [0.1, 0.15) is 33.3 Å². The Bertz CT molecular complexity index is 733. The molecule has 1 fully saturated rings. The second-order valence-corrected chi connectivity index (χ2v) is 7.41. The average Bonchev–Trinajstić information content (AvgIpc) is 3.02. The Kier molecular flexibility index (Phi) is 3.60. The molecular weight excluding hydrogens is 295 g/mol. The largest absolute Gasteiger partial charge is 0.507 e. The van der Waals surface area contributed by atoms with E-state index in [2.05, 4.69) is 11.1 Å². The summed E-state index contributed by atoms with van der Waals surface area (Å²) in [4.78, 5) is 4.45. The van der Waals surface area contributed by atoms with Crippen molar-refractivity contribution in [3.8, 4) is 16.6 Å². The van der Waals surface area contributed by atoms with Gasteiger partial charge < -0.3 is 9.31 Å². The summed E-state index contributed by atoms with van der Waals surface area (Å²) in [6.45, 7) is 8.13. The molecule has 6 heteroatoms. The monoisotopic (exact) mass is 312 g/mol. The van der Waals surface area contributed by atoms with E-state index in [0.29, 0.717) is 5.56 Å². The van der Waals surface area contributed by atoms with E-state index < -0.39 is 7.12 Å². The van der Waals surface area contributed by atoms with Gasteiger partial charge in [0.1, 0.15) is 5.01 Å². The molecule has 0 N–H and O–H groups in total. The Hall–Kier alpha value is -1.68. The number of aromatic nitrogens is 1. The van der Waals surface area contributed by atoms with Gasteiger partial charge in [-0.3, -0.25) is 0 Å². The van der Waals surface area contributed by atoms with Gasteiger partial charge in [-0.05, 0) is 39.8 Å². The normalized spacial score (nSPS) is 19.1. The highest BCUT2D eigenvalue weighted by Crippen LogP contribution is 2.37. The number of nitriles is 1. The predicted octanol–water partition coefficient (Wildman–Crippen LogP) is 2.98. The van der Waals surface area contributed by atoms with Crippen LogP contribution in [0, 0.1) is 11.3 Å². The first kappa shape index (κ1) is 15.2. The third-order valence-electron chi connectivity index (χ3n) is 4.25. The summed E-state index contributed by atoms with van der Waals surface area (Å²) in [6, 6.07) is 9.59. The molecule has 1 aliphatic rings. The van der Waals surface area contributed by atoms with Crippen LogP contribution >= 0.6 is 11.3 Å². The summed E-state index contributed by atoms with van der Waals surface area (Å²) < 4.78 is 13.0. The van der Waals surface area contributed by atoms with Gasteiger partial charge in [0, 0.05) is 11.8 Å². The van der Waals surface area contributed by atoms with Crippen molar-refractivity contribution in [2.24, 2.45) is 0 Å². The zero-order valence-electron chi connectivity index (χ0n) is 13.1. The van der Waals surface area contributed by atoms with Crippen molar-refractivity contribution in [2.45, 2.75) is 38.9 Å². The van der Waals surface area contributed by atoms with E-state index >= 15 is 0 Å². The van der Waals surface area contributed by atoms with Crippen LogP contribution in [0.4, 0.5) is 0 Å². The molecule has 2 heterocycles. The highest BCUT2D eigenvalue weighted by atomic mass is 32.1. The second kappa shape index (κ2) is 5.20. The maximum atomic E-state index is 8.99. The number of benzene rings is 1. The third kappa shape index (κ3) is 2.56. The first-order valence-electron chi connectivity index (χ1n) is 7.14. The average molecular weight is 312 g/mol. The SMILES string of the molecule is CC1(C)OB(c2cnc(-c3cccc(C#N)c3)s2)OC1(C)C. The lowest BCUT2D eigenvalue weighted by Gasteiger charge is -2.32. The minimum Gasteiger partial charge on any atom is -0.399 e. The van der Waals surface area contributed by atoms with Crippen LogP contribution in [-0.4, -0.2) is 23.3 Å². The summed E-state index contributed by atoms with van der Waals surface area (Å²) in [5.41, 5.74) is 0.849. The van der Waals surface area contributed by atoms with Crippen molar-refractivity contribution in [2.75, 3.05) is 0 Å². The lowest BCUT2D eigenvalue weighted by Crippen LogP contribution is -2.41. The Morgan fingerprint density at radius 1 is 1.18 bits per heavy atom. The van der Waals surface area contributed by atoms with Crippen molar-refractivity contribution < 1.29 is 9.31 Å². The molecule has 0 radical (unpaired) electrons. The quantitative estimate of drug-likeness (QED) is 0.800. The molecule has 2 aromatic rings. The topological polar surface area (TPSA) is 55.1 Å². The standard InChI is InChI=1S/C16H17BN2O2S/c1-15(2)16(3,4)21-17(20-15)13-10-19-14(22-13)12-7-5-6-11(8-12)9-18/h5-8,10H,1-4H3. The fourth-order valence-electron chi connectivity index (χ4n) is 2.21. The Morgan fingerprint density at radius 3 is 2.50 bits per heavy atom.